The zero-order valence-electron chi connectivity index (χ0n) is 18.5. The standard InChI is InChI=1S/C24H23Cl3N2O5/c1-31-20-10-9-16(13-21(20)32-2)11-12-33-22-8-4-7-19(29-22)17-5-3-6-18(14-17)28-23(30)34-15-24(25,26)27/h3-10,13-14H,11-12,15H2,1-2H3,(H,28,30). The highest BCUT2D eigenvalue weighted by Gasteiger charge is 2.22. The lowest BCUT2D eigenvalue weighted by Crippen LogP contribution is -2.21. The number of hydrogen-bond acceptors (Lipinski definition) is 6. The zero-order valence-corrected chi connectivity index (χ0v) is 20.8. The maximum absolute atomic E-state index is 11.9. The van der Waals surface area contributed by atoms with Crippen LogP contribution >= 0.6 is 34.8 Å². The molecule has 0 fully saturated rings. The van der Waals surface area contributed by atoms with Crippen LogP contribution in [0.5, 0.6) is 17.4 Å². The smallest absolute Gasteiger partial charge is 0.411 e. The average Bonchev–Trinajstić information content (AvgIpc) is 2.82. The molecule has 1 N–H and O–H groups in total. The lowest BCUT2D eigenvalue weighted by Gasteiger charge is -2.12. The molecule has 0 bridgehead atoms. The fraction of sp³-hybridized carbons (Fsp3) is 0.250. The van der Waals surface area contributed by atoms with Gasteiger partial charge in [-0.3, -0.25) is 5.32 Å². The molecule has 0 saturated carbocycles. The summed E-state index contributed by atoms with van der Waals surface area (Å²) in [4.78, 5) is 16.5. The maximum Gasteiger partial charge on any atom is 0.411 e. The summed E-state index contributed by atoms with van der Waals surface area (Å²) in [6.07, 6.45) is -0.0641. The number of carbonyl (C=O) groups is 1. The molecule has 2 aromatic carbocycles. The Labute approximate surface area is 212 Å². The van der Waals surface area contributed by atoms with Crippen molar-refractivity contribution in [2.45, 2.75) is 10.2 Å². The van der Waals surface area contributed by atoms with E-state index in [0.717, 1.165) is 11.1 Å². The normalized spacial score (nSPS) is 11.0. The molecule has 1 heterocycles. The molecule has 3 aromatic rings. The van der Waals surface area contributed by atoms with Gasteiger partial charge in [-0.25, -0.2) is 9.78 Å². The minimum absolute atomic E-state index is 0.368. The van der Waals surface area contributed by atoms with Crippen LogP contribution in [0.25, 0.3) is 11.3 Å². The summed E-state index contributed by atoms with van der Waals surface area (Å²) >= 11 is 16.8. The Morgan fingerprint density at radius 1 is 0.971 bits per heavy atom. The summed E-state index contributed by atoms with van der Waals surface area (Å²) in [6, 6.07) is 18.4. The summed E-state index contributed by atoms with van der Waals surface area (Å²) < 4.78 is 19.7. The maximum atomic E-state index is 11.9. The highest BCUT2D eigenvalue weighted by Crippen LogP contribution is 2.28. The van der Waals surface area contributed by atoms with Crippen LogP contribution in [0.2, 0.25) is 0 Å². The first-order valence-corrected chi connectivity index (χ1v) is 11.3. The first-order chi connectivity index (χ1) is 16.3. The molecule has 0 atom stereocenters. The predicted octanol–water partition coefficient (Wildman–Crippen LogP) is 6.31. The van der Waals surface area contributed by atoms with Crippen LogP contribution < -0.4 is 19.5 Å². The summed E-state index contributed by atoms with van der Waals surface area (Å²) in [5.74, 6) is 1.83. The SMILES string of the molecule is COc1ccc(CCOc2cccc(-c3cccc(NC(=O)OCC(Cl)(Cl)Cl)c3)n2)cc1OC. The van der Waals surface area contributed by atoms with Crippen LogP contribution in [0.1, 0.15) is 5.56 Å². The molecule has 7 nitrogen and oxygen atoms in total. The van der Waals surface area contributed by atoms with Crippen molar-refractivity contribution < 1.29 is 23.7 Å². The first kappa shape index (κ1) is 25.7. The van der Waals surface area contributed by atoms with Crippen molar-refractivity contribution in [3.8, 4) is 28.6 Å². The average molecular weight is 526 g/mol. The second-order valence-corrected chi connectivity index (χ2v) is 9.56. The second-order valence-electron chi connectivity index (χ2n) is 7.05. The number of methoxy groups -OCH3 is 2. The third kappa shape index (κ3) is 7.87. The minimum Gasteiger partial charge on any atom is -0.493 e. The molecule has 34 heavy (non-hydrogen) atoms. The van der Waals surface area contributed by atoms with Gasteiger partial charge in [-0.15, -0.1) is 0 Å². The quantitative estimate of drug-likeness (QED) is 0.330. The number of carbonyl (C=O) groups excluding carboxylic acids is 1. The van der Waals surface area contributed by atoms with Gasteiger partial charge in [0.2, 0.25) is 9.67 Å². The fourth-order valence-electron chi connectivity index (χ4n) is 3.02. The molecule has 0 spiro atoms. The minimum atomic E-state index is -1.68. The van der Waals surface area contributed by atoms with Gasteiger partial charge in [0.25, 0.3) is 0 Å². The van der Waals surface area contributed by atoms with E-state index in [2.05, 4.69) is 10.3 Å². The third-order valence-corrected chi connectivity index (χ3v) is 4.91. The first-order valence-electron chi connectivity index (χ1n) is 10.2. The molecule has 1 amide bonds. The van der Waals surface area contributed by atoms with Crippen LogP contribution in [0.4, 0.5) is 10.5 Å². The van der Waals surface area contributed by atoms with E-state index in [1.807, 2.05) is 36.4 Å². The predicted molar refractivity (Wildman–Crippen MR) is 134 cm³/mol. The van der Waals surface area contributed by atoms with Gasteiger partial charge in [0.1, 0.15) is 6.61 Å². The molecule has 1 aromatic heterocycles. The Kier molecular flexibility index (Phi) is 9.10. The van der Waals surface area contributed by atoms with E-state index in [4.69, 9.17) is 53.8 Å². The molecule has 180 valence electrons. The van der Waals surface area contributed by atoms with Crippen LogP contribution in [0.3, 0.4) is 0 Å². The molecule has 3 rings (SSSR count). The number of benzene rings is 2. The van der Waals surface area contributed by atoms with Crippen LogP contribution in [-0.4, -0.2) is 42.3 Å². The number of alkyl halides is 3. The summed E-state index contributed by atoms with van der Waals surface area (Å²) in [6.45, 7) is 0.0655. The van der Waals surface area contributed by atoms with Crippen molar-refractivity contribution in [3.63, 3.8) is 0 Å². The Balaban J connectivity index is 1.61. The number of amides is 1. The van der Waals surface area contributed by atoms with Crippen molar-refractivity contribution in [3.05, 3.63) is 66.2 Å². The van der Waals surface area contributed by atoms with Gasteiger partial charge in [-0.2, -0.15) is 0 Å². The Morgan fingerprint density at radius 3 is 2.47 bits per heavy atom. The van der Waals surface area contributed by atoms with E-state index in [1.54, 1.807) is 38.5 Å². The summed E-state index contributed by atoms with van der Waals surface area (Å²) in [5.41, 5.74) is 3.02. The molecule has 0 radical (unpaired) electrons. The number of hydrogen-bond donors (Lipinski definition) is 1. The number of nitrogens with zero attached hydrogens (tertiary/aromatic N) is 1. The molecule has 10 heteroatoms. The van der Waals surface area contributed by atoms with Gasteiger partial charge in [0.15, 0.2) is 11.5 Å². The molecule has 0 aliphatic heterocycles. The third-order valence-electron chi connectivity index (χ3n) is 4.58. The molecular weight excluding hydrogens is 503 g/mol. The second kappa shape index (κ2) is 12.0. The van der Waals surface area contributed by atoms with Gasteiger partial charge in [0.05, 0.1) is 26.5 Å². The lowest BCUT2D eigenvalue weighted by molar-refractivity contribution is 0.164. The van der Waals surface area contributed by atoms with Crippen molar-refractivity contribution in [1.82, 2.24) is 4.98 Å². The van der Waals surface area contributed by atoms with Gasteiger partial charge in [0, 0.05) is 23.7 Å². The van der Waals surface area contributed by atoms with E-state index >= 15 is 0 Å². The van der Waals surface area contributed by atoms with Gasteiger partial charge < -0.3 is 18.9 Å². The number of pyridine rings is 1. The monoisotopic (exact) mass is 524 g/mol. The number of aromatic nitrogens is 1. The fourth-order valence-corrected chi connectivity index (χ4v) is 3.19. The van der Waals surface area contributed by atoms with Crippen molar-refractivity contribution in [2.75, 3.05) is 32.8 Å². The van der Waals surface area contributed by atoms with E-state index in [9.17, 15) is 4.79 Å². The Hall–Kier alpha value is -2.87. The zero-order chi connectivity index (χ0) is 24.6. The molecule has 0 aliphatic carbocycles. The molecule has 0 aliphatic rings. The lowest BCUT2D eigenvalue weighted by atomic mass is 10.1. The van der Waals surface area contributed by atoms with Crippen LogP contribution in [0.15, 0.2) is 60.7 Å². The van der Waals surface area contributed by atoms with Crippen molar-refractivity contribution in [1.29, 1.82) is 0 Å². The van der Waals surface area contributed by atoms with E-state index in [-0.39, 0.29) is 6.61 Å². The van der Waals surface area contributed by atoms with Crippen molar-refractivity contribution in [2.24, 2.45) is 0 Å². The van der Waals surface area contributed by atoms with Gasteiger partial charge in [-0.1, -0.05) is 59.1 Å². The number of nitrogens with one attached hydrogen (secondary N) is 1. The van der Waals surface area contributed by atoms with Crippen molar-refractivity contribution >= 4 is 46.6 Å². The Bertz CT molecular complexity index is 1120. The summed E-state index contributed by atoms with van der Waals surface area (Å²) in [7, 11) is 3.20. The highest BCUT2D eigenvalue weighted by molar-refractivity contribution is 6.67. The van der Waals surface area contributed by atoms with E-state index < -0.39 is 9.89 Å². The van der Waals surface area contributed by atoms with E-state index in [0.29, 0.717) is 41.8 Å². The van der Waals surface area contributed by atoms with E-state index in [1.165, 1.54) is 0 Å². The topological polar surface area (TPSA) is 78.9 Å². The number of anilines is 1. The van der Waals surface area contributed by atoms with Gasteiger partial charge in [-0.05, 0) is 35.9 Å². The molecular formula is C24H23Cl3N2O5. The number of rotatable bonds is 9. The largest absolute Gasteiger partial charge is 0.493 e. The number of ether oxygens (including phenoxy) is 4. The Morgan fingerprint density at radius 2 is 1.74 bits per heavy atom. The van der Waals surface area contributed by atoms with Gasteiger partial charge >= 0.3 is 6.09 Å². The molecule has 0 saturated heterocycles. The summed E-state index contributed by atoms with van der Waals surface area (Å²) in [5, 5.41) is 2.59. The number of halogens is 3. The molecule has 0 unspecified atom stereocenters. The van der Waals surface area contributed by atoms with Crippen LogP contribution in [0, 0.1) is 0 Å². The highest BCUT2D eigenvalue weighted by atomic mass is 35.6. The van der Waals surface area contributed by atoms with Crippen LogP contribution in [-0.2, 0) is 11.2 Å².